The summed E-state index contributed by atoms with van der Waals surface area (Å²) in [6, 6.07) is 4.91. The molecule has 2 aromatic heterocycles. The van der Waals surface area contributed by atoms with Crippen LogP contribution >= 0.6 is 11.6 Å². The van der Waals surface area contributed by atoms with E-state index in [1.54, 1.807) is 24.4 Å². The summed E-state index contributed by atoms with van der Waals surface area (Å²) in [5.74, 6) is -0.540. The highest BCUT2D eigenvalue weighted by molar-refractivity contribution is 6.30. The molecule has 0 aliphatic carbocycles. The average molecular weight is 223 g/mol. The zero-order valence-electron chi connectivity index (χ0n) is 7.61. The number of nitrogens with two attached hydrogens (primary N) is 1. The topological polar surface area (TPSA) is 69.1 Å². The third kappa shape index (κ3) is 1.85. The molecule has 0 aromatic carbocycles. The SMILES string of the molecule is NC(=O)c1occc1-c1cc(Cl)ccn1. The first-order valence-corrected chi connectivity index (χ1v) is 4.55. The molecule has 0 aliphatic heterocycles. The fourth-order valence-electron chi connectivity index (χ4n) is 1.25. The molecule has 0 saturated heterocycles. The molecule has 5 heteroatoms. The Morgan fingerprint density at radius 1 is 1.47 bits per heavy atom. The molecule has 0 unspecified atom stereocenters. The lowest BCUT2D eigenvalue weighted by Gasteiger charge is -1.98. The second kappa shape index (κ2) is 3.74. The predicted molar refractivity (Wildman–Crippen MR) is 55.5 cm³/mol. The number of halogens is 1. The van der Waals surface area contributed by atoms with Crippen molar-refractivity contribution < 1.29 is 9.21 Å². The lowest BCUT2D eigenvalue weighted by atomic mass is 10.1. The average Bonchev–Trinajstić information content (AvgIpc) is 2.65. The molecule has 2 rings (SSSR count). The number of nitrogens with zero attached hydrogens (tertiary/aromatic N) is 1. The van der Waals surface area contributed by atoms with Gasteiger partial charge in [-0.25, -0.2) is 0 Å². The first-order chi connectivity index (χ1) is 7.18. The Morgan fingerprint density at radius 3 is 2.93 bits per heavy atom. The Hall–Kier alpha value is -1.81. The maximum Gasteiger partial charge on any atom is 0.285 e. The summed E-state index contributed by atoms with van der Waals surface area (Å²) >= 11 is 5.81. The van der Waals surface area contributed by atoms with Crippen molar-refractivity contribution >= 4 is 17.5 Å². The minimum atomic E-state index is -0.628. The molecule has 0 bridgehead atoms. The van der Waals surface area contributed by atoms with Crippen molar-refractivity contribution in [3.8, 4) is 11.3 Å². The van der Waals surface area contributed by atoms with E-state index >= 15 is 0 Å². The van der Waals surface area contributed by atoms with Crippen LogP contribution in [0.1, 0.15) is 10.6 Å². The largest absolute Gasteiger partial charge is 0.458 e. The van der Waals surface area contributed by atoms with Crippen molar-refractivity contribution in [3.05, 3.63) is 41.4 Å². The van der Waals surface area contributed by atoms with Gasteiger partial charge in [-0.1, -0.05) is 11.6 Å². The lowest BCUT2D eigenvalue weighted by Crippen LogP contribution is -2.10. The number of rotatable bonds is 2. The highest BCUT2D eigenvalue weighted by Gasteiger charge is 2.14. The van der Waals surface area contributed by atoms with Gasteiger partial charge in [-0.2, -0.15) is 0 Å². The monoisotopic (exact) mass is 222 g/mol. The minimum Gasteiger partial charge on any atom is -0.458 e. The summed E-state index contributed by atoms with van der Waals surface area (Å²) in [6.07, 6.45) is 2.94. The van der Waals surface area contributed by atoms with E-state index < -0.39 is 5.91 Å². The van der Waals surface area contributed by atoms with Gasteiger partial charge in [-0.15, -0.1) is 0 Å². The summed E-state index contributed by atoms with van der Waals surface area (Å²) < 4.78 is 4.96. The molecule has 0 atom stereocenters. The van der Waals surface area contributed by atoms with Crippen LogP contribution in [-0.4, -0.2) is 10.9 Å². The van der Waals surface area contributed by atoms with E-state index in [0.717, 1.165) is 0 Å². The second-order valence-electron chi connectivity index (χ2n) is 2.89. The number of pyridine rings is 1. The fourth-order valence-corrected chi connectivity index (χ4v) is 1.41. The summed E-state index contributed by atoms with van der Waals surface area (Å²) in [4.78, 5) is 15.1. The number of hydrogen-bond acceptors (Lipinski definition) is 3. The molecule has 2 heterocycles. The van der Waals surface area contributed by atoms with Crippen molar-refractivity contribution in [2.45, 2.75) is 0 Å². The lowest BCUT2D eigenvalue weighted by molar-refractivity contribution is 0.0975. The van der Waals surface area contributed by atoms with Crippen molar-refractivity contribution in [3.63, 3.8) is 0 Å². The van der Waals surface area contributed by atoms with Crippen molar-refractivity contribution in [2.75, 3.05) is 0 Å². The standard InChI is InChI=1S/C10H7ClN2O2/c11-6-1-3-13-8(5-6)7-2-4-15-9(7)10(12)14/h1-5H,(H2,12,14). The Morgan fingerprint density at radius 2 is 2.27 bits per heavy atom. The van der Waals surface area contributed by atoms with E-state index in [1.165, 1.54) is 6.26 Å². The molecular formula is C10H7ClN2O2. The van der Waals surface area contributed by atoms with E-state index in [4.69, 9.17) is 21.8 Å². The smallest absolute Gasteiger partial charge is 0.285 e. The van der Waals surface area contributed by atoms with E-state index in [2.05, 4.69) is 4.98 Å². The van der Waals surface area contributed by atoms with Gasteiger partial charge in [0.25, 0.3) is 5.91 Å². The van der Waals surface area contributed by atoms with Crippen LogP contribution in [-0.2, 0) is 0 Å². The van der Waals surface area contributed by atoms with Crippen LogP contribution in [0.2, 0.25) is 5.02 Å². The van der Waals surface area contributed by atoms with Gasteiger partial charge >= 0.3 is 0 Å². The number of primary amides is 1. The molecule has 0 radical (unpaired) electrons. The third-order valence-electron chi connectivity index (χ3n) is 1.89. The third-order valence-corrected chi connectivity index (χ3v) is 2.12. The van der Waals surface area contributed by atoms with Crippen LogP contribution < -0.4 is 5.73 Å². The van der Waals surface area contributed by atoms with Crippen molar-refractivity contribution in [1.82, 2.24) is 4.98 Å². The van der Waals surface area contributed by atoms with Crippen LogP contribution in [0.5, 0.6) is 0 Å². The van der Waals surface area contributed by atoms with Gasteiger partial charge in [0.05, 0.1) is 17.5 Å². The molecule has 15 heavy (non-hydrogen) atoms. The van der Waals surface area contributed by atoms with Gasteiger partial charge in [0, 0.05) is 11.2 Å². The van der Waals surface area contributed by atoms with Crippen LogP contribution in [0.25, 0.3) is 11.3 Å². The van der Waals surface area contributed by atoms with Gasteiger partial charge in [0.2, 0.25) is 0 Å². The van der Waals surface area contributed by atoms with Gasteiger partial charge in [0.1, 0.15) is 0 Å². The van der Waals surface area contributed by atoms with Crippen molar-refractivity contribution in [2.24, 2.45) is 5.73 Å². The number of carbonyl (C=O) groups excluding carboxylic acids is 1. The van der Waals surface area contributed by atoms with E-state index in [-0.39, 0.29) is 5.76 Å². The number of hydrogen-bond donors (Lipinski definition) is 1. The Labute approximate surface area is 90.7 Å². The number of aromatic nitrogens is 1. The zero-order chi connectivity index (χ0) is 10.8. The predicted octanol–water partition coefficient (Wildman–Crippen LogP) is 2.09. The first kappa shape index (κ1) is 9.73. The maximum absolute atomic E-state index is 11.0. The minimum absolute atomic E-state index is 0.0877. The second-order valence-corrected chi connectivity index (χ2v) is 3.32. The number of amides is 1. The molecular weight excluding hydrogens is 216 g/mol. The Balaban J connectivity index is 2.54. The fraction of sp³-hybridized carbons (Fsp3) is 0. The van der Waals surface area contributed by atoms with Crippen LogP contribution in [0.15, 0.2) is 35.1 Å². The van der Waals surface area contributed by atoms with E-state index in [0.29, 0.717) is 16.3 Å². The molecule has 4 nitrogen and oxygen atoms in total. The van der Waals surface area contributed by atoms with Crippen LogP contribution in [0.3, 0.4) is 0 Å². The molecule has 0 saturated carbocycles. The highest BCUT2D eigenvalue weighted by atomic mass is 35.5. The van der Waals surface area contributed by atoms with E-state index in [9.17, 15) is 4.79 Å². The maximum atomic E-state index is 11.0. The quantitative estimate of drug-likeness (QED) is 0.846. The first-order valence-electron chi connectivity index (χ1n) is 4.17. The highest BCUT2D eigenvalue weighted by Crippen LogP contribution is 2.24. The normalized spacial score (nSPS) is 10.2. The summed E-state index contributed by atoms with van der Waals surface area (Å²) in [5.41, 5.74) is 6.25. The van der Waals surface area contributed by atoms with E-state index in [1.807, 2.05) is 0 Å². The molecule has 76 valence electrons. The van der Waals surface area contributed by atoms with Gasteiger partial charge in [-0.05, 0) is 18.2 Å². The number of furan rings is 1. The molecule has 0 aliphatic rings. The molecule has 0 spiro atoms. The van der Waals surface area contributed by atoms with Crippen LogP contribution in [0.4, 0.5) is 0 Å². The molecule has 2 N–H and O–H groups in total. The molecule has 2 aromatic rings. The molecule has 1 amide bonds. The molecule has 0 fully saturated rings. The van der Waals surface area contributed by atoms with Gasteiger partial charge < -0.3 is 10.2 Å². The Bertz CT molecular complexity index is 508. The Kier molecular flexibility index (Phi) is 2.43. The summed E-state index contributed by atoms with van der Waals surface area (Å²) in [7, 11) is 0. The van der Waals surface area contributed by atoms with Gasteiger partial charge in [-0.3, -0.25) is 9.78 Å². The van der Waals surface area contributed by atoms with Crippen LogP contribution in [0, 0.1) is 0 Å². The summed E-state index contributed by atoms with van der Waals surface area (Å²) in [6.45, 7) is 0. The number of carbonyl (C=O) groups is 1. The zero-order valence-corrected chi connectivity index (χ0v) is 8.36. The summed E-state index contributed by atoms with van der Waals surface area (Å²) in [5, 5.41) is 0.539. The van der Waals surface area contributed by atoms with Crippen molar-refractivity contribution in [1.29, 1.82) is 0 Å². The van der Waals surface area contributed by atoms with Gasteiger partial charge in [0.15, 0.2) is 5.76 Å².